The highest BCUT2D eigenvalue weighted by Gasteiger charge is 2.40. The number of esters is 1. The molecule has 0 bridgehead atoms. The summed E-state index contributed by atoms with van der Waals surface area (Å²) in [6, 6.07) is 25.8. The highest BCUT2D eigenvalue weighted by molar-refractivity contribution is 5.76. The van der Waals surface area contributed by atoms with Gasteiger partial charge in [0.15, 0.2) is 0 Å². The van der Waals surface area contributed by atoms with Crippen LogP contribution in [0.4, 0.5) is 0 Å². The van der Waals surface area contributed by atoms with E-state index in [0.717, 1.165) is 86.0 Å². The lowest BCUT2D eigenvalue weighted by Crippen LogP contribution is -2.38. The van der Waals surface area contributed by atoms with Crippen molar-refractivity contribution < 1.29 is 33.6 Å². The van der Waals surface area contributed by atoms with Crippen molar-refractivity contribution in [2.75, 3.05) is 41.0 Å². The molecule has 1 N–H and O–H groups in total. The van der Waals surface area contributed by atoms with Gasteiger partial charge in [0.1, 0.15) is 17.1 Å². The van der Waals surface area contributed by atoms with Gasteiger partial charge in [-0.3, -0.25) is 9.59 Å². The van der Waals surface area contributed by atoms with E-state index < -0.39 is 11.7 Å². The molecule has 8 nitrogen and oxygen atoms in total. The van der Waals surface area contributed by atoms with Crippen LogP contribution >= 0.6 is 0 Å². The molecule has 1 aliphatic heterocycles. The van der Waals surface area contributed by atoms with E-state index in [4.69, 9.17) is 14.2 Å². The van der Waals surface area contributed by atoms with Crippen molar-refractivity contribution in [2.45, 2.75) is 82.3 Å². The second kappa shape index (κ2) is 19.2. The molecule has 1 saturated heterocycles. The highest BCUT2D eigenvalue weighted by Crippen LogP contribution is 2.42. The van der Waals surface area contributed by atoms with E-state index in [9.17, 15) is 14.7 Å². The maximum absolute atomic E-state index is 13.0. The number of carbonyl (C=O) groups is 2. The Bertz CT molecular complexity index is 1330. The van der Waals surface area contributed by atoms with E-state index in [1.165, 1.54) is 7.11 Å². The summed E-state index contributed by atoms with van der Waals surface area (Å²) >= 11 is 0. The van der Waals surface area contributed by atoms with E-state index in [1.807, 2.05) is 83.8 Å². The first-order chi connectivity index (χ1) is 23.4. The van der Waals surface area contributed by atoms with E-state index >= 15 is 0 Å². The Morgan fingerprint density at radius 2 is 1.23 bits per heavy atom. The van der Waals surface area contributed by atoms with Gasteiger partial charge in [0.2, 0.25) is 5.91 Å². The van der Waals surface area contributed by atoms with Gasteiger partial charge in [0, 0.05) is 31.8 Å². The van der Waals surface area contributed by atoms with Crippen molar-refractivity contribution in [1.82, 2.24) is 4.90 Å². The zero-order valence-electron chi connectivity index (χ0n) is 28.9. The van der Waals surface area contributed by atoms with Gasteiger partial charge in [-0.2, -0.15) is 0 Å². The second-order valence-corrected chi connectivity index (χ2v) is 12.7. The van der Waals surface area contributed by atoms with Crippen LogP contribution < -0.4 is 9.47 Å². The van der Waals surface area contributed by atoms with Gasteiger partial charge in [-0.15, -0.1) is 0 Å². The topological polar surface area (TPSA) is 94.5 Å². The molecule has 4 rings (SSSR count). The number of benzene rings is 3. The summed E-state index contributed by atoms with van der Waals surface area (Å²) in [5.41, 5.74) is 1.76. The van der Waals surface area contributed by atoms with Gasteiger partial charge in [0.25, 0.3) is 0 Å². The van der Waals surface area contributed by atoms with Crippen LogP contribution in [0.1, 0.15) is 87.3 Å². The molecule has 2 unspecified atom stereocenters. The second-order valence-electron chi connectivity index (χ2n) is 12.7. The summed E-state index contributed by atoms with van der Waals surface area (Å²) in [6.07, 6.45) is 9.48. The highest BCUT2D eigenvalue weighted by atomic mass is 16.5. The molecule has 48 heavy (non-hydrogen) atoms. The predicted molar refractivity (Wildman–Crippen MR) is 187 cm³/mol. The number of ether oxygens (including phenoxy) is 4. The van der Waals surface area contributed by atoms with Crippen molar-refractivity contribution in [3.63, 3.8) is 0 Å². The van der Waals surface area contributed by atoms with Crippen LogP contribution in [0.15, 0.2) is 78.9 Å². The molecule has 1 amide bonds. The van der Waals surface area contributed by atoms with Crippen molar-refractivity contribution >= 4 is 11.9 Å². The van der Waals surface area contributed by atoms with Crippen LogP contribution in [0, 0.1) is 5.92 Å². The lowest BCUT2D eigenvalue weighted by Gasteiger charge is -2.37. The van der Waals surface area contributed by atoms with Gasteiger partial charge in [-0.25, -0.2) is 0 Å². The predicted octanol–water partition coefficient (Wildman–Crippen LogP) is 7.30. The Labute approximate surface area is 286 Å². The Morgan fingerprint density at radius 3 is 1.75 bits per heavy atom. The average Bonchev–Trinajstić information content (AvgIpc) is 3.64. The van der Waals surface area contributed by atoms with Crippen molar-refractivity contribution in [3.05, 3.63) is 95.6 Å². The molecule has 0 aromatic heterocycles. The van der Waals surface area contributed by atoms with Crippen molar-refractivity contribution in [1.29, 1.82) is 0 Å². The molecule has 1 aliphatic rings. The zero-order chi connectivity index (χ0) is 34.2. The number of nitrogens with zero attached hydrogens (tertiary/aromatic N) is 1. The largest absolute Gasteiger partial charge is 0.497 e. The Balaban J connectivity index is 1.33. The number of amides is 1. The van der Waals surface area contributed by atoms with Crippen molar-refractivity contribution in [3.8, 4) is 11.5 Å². The first kappa shape index (κ1) is 36.9. The summed E-state index contributed by atoms with van der Waals surface area (Å²) in [5.74, 6) is 1.47. The number of aliphatic hydroxyl groups excluding tert-OH is 1. The fraction of sp³-hybridized carbons (Fsp3) is 0.500. The molecule has 1 heterocycles. The summed E-state index contributed by atoms with van der Waals surface area (Å²) in [4.78, 5) is 26.1. The molecule has 1 fully saturated rings. The molecular weight excluding hydrogens is 606 g/mol. The number of likely N-dealkylation sites (tertiary alicyclic amines) is 1. The van der Waals surface area contributed by atoms with Gasteiger partial charge in [-0.1, -0.05) is 93.1 Å². The fourth-order valence-corrected chi connectivity index (χ4v) is 6.62. The summed E-state index contributed by atoms with van der Waals surface area (Å²) in [6.45, 7) is 1.30. The minimum absolute atomic E-state index is 0.0617. The maximum atomic E-state index is 13.0. The number of unbranched alkanes of at least 4 members (excludes halogenated alkanes) is 7. The van der Waals surface area contributed by atoms with E-state index in [-0.39, 0.29) is 24.4 Å². The first-order valence-electron chi connectivity index (χ1n) is 17.4. The quantitative estimate of drug-likeness (QED) is 0.0773. The van der Waals surface area contributed by atoms with Crippen LogP contribution in [0.5, 0.6) is 11.5 Å². The molecule has 3 aromatic rings. The smallest absolute Gasteiger partial charge is 0.305 e. The third kappa shape index (κ3) is 10.1. The number of hydrogen-bond acceptors (Lipinski definition) is 7. The van der Waals surface area contributed by atoms with E-state index in [0.29, 0.717) is 25.9 Å². The van der Waals surface area contributed by atoms with Gasteiger partial charge in [-0.05, 0) is 60.2 Å². The fourth-order valence-electron chi connectivity index (χ4n) is 6.62. The van der Waals surface area contributed by atoms with Crippen LogP contribution in [-0.2, 0) is 24.7 Å². The standard InChI is InChI=1S/C40H53NO7/c1-45-35-23-19-33(20-24-35)40(32-15-11-10-12-16-32,34-21-25-36(46-2)26-22-34)48-30-37(42)31-27-28-41(29-31)38(43)17-13-8-6-4-5-7-9-14-18-39(44)47-3/h10-12,15-16,19-26,31,37,42H,4-9,13-14,17-18,27-30H2,1-3H3. The SMILES string of the molecule is COC(=O)CCCCCCCCCCC(=O)N1CCC(C(O)COC(c2ccccc2)(c2ccc(OC)cc2)c2ccc(OC)cc2)C1. The molecule has 260 valence electrons. The molecular formula is C40H53NO7. The molecule has 8 heteroatoms. The lowest BCUT2D eigenvalue weighted by molar-refractivity contribution is -0.140. The molecule has 0 spiro atoms. The number of hydrogen-bond donors (Lipinski definition) is 1. The minimum Gasteiger partial charge on any atom is -0.497 e. The number of aliphatic hydroxyl groups is 1. The number of carbonyl (C=O) groups excluding carboxylic acids is 2. The normalized spacial score (nSPS) is 15.2. The monoisotopic (exact) mass is 659 g/mol. The zero-order valence-corrected chi connectivity index (χ0v) is 28.9. The summed E-state index contributed by atoms with van der Waals surface area (Å²) < 4.78 is 22.5. The lowest BCUT2D eigenvalue weighted by atomic mass is 9.80. The van der Waals surface area contributed by atoms with E-state index in [1.54, 1.807) is 14.2 Å². The van der Waals surface area contributed by atoms with Gasteiger partial charge >= 0.3 is 5.97 Å². The summed E-state index contributed by atoms with van der Waals surface area (Å²) in [5, 5.41) is 11.5. The molecule has 0 aliphatic carbocycles. The number of rotatable bonds is 20. The van der Waals surface area contributed by atoms with E-state index in [2.05, 4.69) is 4.74 Å². The molecule has 3 aromatic carbocycles. The Kier molecular flexibility index (Phi) is 14.8. The molecule has 0 radical (unpaired) electrons. The third-order valence-electron chi connectivity index (χ3n) is 9.51. The molecule has 2 atom stereocenters. The maximum Gasteiger partial charge on any atom is 0.305 e. The number of methoxy groups -OCH3 is 3. The molecule has 0 saturated carbocycles. The van der Waals surface area contributed by atoms with Gasteiger partial charge < -0.3 is 29.0 Å². The Hall–Kier alpha value is -3.88. The van der Waals surface area contributed by atoms with Crippen LogP contribution in [0.25, 0.3) is 0 Å². The third-order valence-corrected chi connectivity index (χ3v) is 9.51. The van der Waals surface area contributed by atoms with Gasteiger partial charge in [0.05, 0.1) is 34.0 Å². The summed E-state index contributed by atoms with van der Waals surface area (Å²) in [7, 11) is 4.72. The Morgan fingerprint density at radius 1 is 0.729 bits per heavy atom. The van der Waals surface area contributed by atoms with Crippen LogP contribution in [0.3, 0.4) is 0 Å². The van der Waals surface area contributed by atoms with Crippen molar-refractivity contribution in [2.24, 2.45) is 5.92 Å². The average molecular weight is 660 g/mol. The first-order valence-corrected chi connectivity index (χ1v) is 17.4. The minimum atomic E-state index is -1.00. The van der Waals surface area contributed by atoms with Crippen LogP contribution in [0.2, 0.25) is 0 Å². The van der Waals surface area contributed by atoms with Crippen LogP contribution in [-0.4, -0.2) is 69.0 Å².